The first kappa shape index (κ1) is 22.7. The zero-order valence-corrected chi connectivity index (χ0v) is 18.6. The van der Waals surface area contributed by atoms with E-state index in [1.807, 2.05) is 44.2 Å². The molecule has 0 radical (unpaired) electrons. The molecule has 0 aliphatic rings. The molecular formula is C26H27ClFNO2. The SMILES string of the molecule is C=CCc1cc(CNc2cc(Cl)ccc2C)cc(OCC)c1OCc1ccc(F)cc1. The number of hydrogen-bond acceptors (Lipinski definition) is 3. The summed E-state index contributed by atoms with van der Waals surface area (Å²) in [7, 11) is 0. The molecule has 0 aliphatic heterocycles. The lowest BCUT2D eigenvalue weighted by Crippen LogP contribution is -2.06. The van der Waals surface area contributed by atoms with E-state index in [0.717, 1.165) is 27.9 Å². The van der Waals surface area contributed by atoms with E-state index in [0.29, 0.717) is 42.7 Å². The van der Waals surface area contributed by atoms with Crippen molar-refractivity contribution < 1.29 is 13.9 Å². The average Bonchev–Trinajstić information content (AvgIpc) is 2.75. The maximum absolute atomic E-state index is 13.2. The average molecular weight is 440 g/mol. The minimum atomic E-state index is -0.266. The van der Waals surface area contributed by atoms with E-state index < -0.39 is 0 Å². The molecule has 0 aliphatic carbocycles. The highest BCUT2D eigenvalue weighted by molar-refractivity contribution is 6.30. The Morgan fingerprint density at radius 1 is 1.03 bits per heavy atom. The van der Waals surface area contributed by atoms with Crippen molar-refractivity contribution in [1.82, 2.24) is 0 Å². The van der Waals surface area contributed by atoms with Crippen molar-refractivity contribution >= 4 is 17.3 Å². The van der Waals surface area contributed by atoms with Crippen molar-refractivity contribution in [2.45, 2.75) is 33.4 Å². The van der Waals surface area contributed by atoms with Gasteiger partial charge < -0.3 is 14.8 Å². The van der Waals surface area contributed by atoms with Gasteiger partial charge in [-0.1, -0.05) is 35.9 Å². The van der Waals surface area contributed by atoms with Crippen LogP contribution in [0.25, 0.3) is 0 Å². The quantitative estimate of drug-likeness (QED) is 0.341. The Morgan fingerprint density at radius 3 is 2.52 bits per heavy atom. The number of anilines is 1. The Bertz CT molecular complexity index is 1030. The number of allylic oxidation sites excluding steroid dienone is 1. The summed E-state index contributed by atoms with van der Waals surface area (Å²) in [6.45, 7) is 9.32. The predicted octanol–water partition coefficient (Wildman–Crippen LogP) is 7.11. The number of benzene rings is 3. The highest BCUT2D eigenvalue weighted by Crippen LogP contribution is 2.35. The molecule has 0 saturated heterocycles. The highest BCUT2D eigenvalue weighted by Gasteiger charge is 2.14. The largest absolute Gasteiger partial charge is 0.490 e. The van der Waals surface area contributed by atoms with Crippen LogP contribution in [0, 0.1) is 12.7 Å². The molecular weight excluding hydrogens is 413 g/mol. The Morgan fingerprint density at radius 2 is 1.81 bits per heavy atom. The molecule has 0 saturated carbocycles. The zero-order valence-electron chi connectivity index (χ0n) is 17.9. The smallest absolute Gasteiger partial charge is 0.165 e. The van der Waals surface area contributed by atoms with Crippen molar-refractivity contribution in [2.75, 3.05) is 11.9 Å². The normalized spacial score (nSPS) is 10.6. The van der Waals surface area contributed by atoms with Gasteiger partial charge in [0, 0.05) is 22.8 Å². The lowest BCUT2D eigenvalue weighted by atomic mass is 10.0. The molecule has 0 spiro atoms. The van der Waals surface area contributed by atoms with Crippen LogP contribution < -0.4 is 14.8 Å². The van der Waals surface area contributed by atoms with Crippen LogP contribution in [0.5, 0.6) is 11.5 Å². The molecule has 0 atom stereocenters. The molecule has 1 N–H and O–H groups in total. The van der Waals surface area contributed by atoms with E-state index in [-0.39, 0.29) is 5.82 Å². The van der Waals surface area contributed by atoms with Crippen LogP contribution in [0.4, 0.5) is 10.1 Å². The molecule has 0 heterocycles. The second kappa shape index (κ2) is 10.9. The van der Waals surface area contributed by atoms with E-state index in [9.17, 15) is 4.39 Å². The molecule has 0 bridgehead atoms. The van der Waals surface area contributed by atoms with E-state index in [1.54, 1.807) is 12.1 Å². The van der Waals surface area contributed by atoms with E-state index in [1.165, 1.54) is 12.1 Å². The highest BCUT2D eigenvalue weighted by atomic mass is 35.5. The van der Waals surface area contributed by atoms with E-state index in [2.05, 4.69) is 18.0 Å². The van der Waals surface area contributed by atoms with Gasteiger partial charge in [0.2, 0.25) is 0 Å². The first-order chi connectivity index (χ1) is 15.0. The van der Waals surface area contributed by atoms with Gasteiger partial charge in [-0.05, 0) is 73.4 Å². The number of halogens is 2. The first-order valence-corrected chi connectivity index (χ1v) is 10.6. The van der Waals surface area contributed by atoms with Crippen LogP contribution in [0.2, 0.25) is 5.02 Å². The van der Waals surface area contributed by atoms with Gasteiger partial charge >= 0.3 is 0 Å². The predicted molar refractivity (Wildman–Crippen MR) is 126 cm³/mol. The van der Waals surface area contributed by atoms with Crippen molar-refractivity contribution in [3.05, 3.63) is 100 Å². The zero-order chi connectivity index (χ0) is 22.2. The van der Waals surface area contributed by atoms with Crippen LogP contribution >= 0.6 is 11.6 Å². The molecule has 0 aromatic heterocycles. The molecule has 3 aromatic rings. The number of ether oxygens (including phenoxy) is 2. The van der Waals surface area contributed by atoms with E-state index >= 15 is 0 Å². The second-order valence-corrected chi connectivity index (χ2v) is 7.67. The van der Waals surface area contributed by atoms with Gasteiger partial charge in [0.15, 0.2) is 11.5 Å². The van der Waals surface area contributed by atoms with Crippen LogP contribution in [0.1, 0.15) is 29.2 Å². The fourth-order valence-electron chi connectivity index (χ4n) is 3.28. The molecule has 3 nitrogen and oxygen atoms in total. The Hall–Kier alpha value is -2.98. The second-order valence-electron chi connectivity index (χ2n) is 7.24. The van der Waals surface area contributed by atoms with Gasteiger partial charge in [0.25, 0.3) is 0 Å². The Balaban J connectivity index is 1.85. The van der Waals surface area contributed by atoms with Gasteiger partial charge in [-0.3, -0.25) is 0 Å². The summed E-state index contributed by atoms with van der Waals surface area (Å²) in [5.74, 6) is 1.11. The van der Waals surface area contributed by atoms with E-state index in [4.69, 9.17) is 21.1 Å². The van der Waals surface area contributed by atoms with Gasteiger partial charge in [-0.15, -0.1) is 6.58 Å². The molecule has 5 heteroatoms. The third kappa shape index (κ3) is 6.25. The van der Waals surface area contributed by atoms with Crippen LogP contribution in [0.15, 0.2) is 67.3 Å². The summed E-state index contributed by atoms with van der Waals surface area (Å²) in [5, 5.41) is 4.14. The maximum atomic E-state index is 13.2. The minimum Gasteiger partial charge on any atom is -0.490 e. The lowest BCUT2D eigenvalue weighted by Gasteiger charge is -2.18. The summed E-state index contributed by atoms with van der Waals surface area (Å²) in [6.07, 6.45) is 2.48. The van der Waals surface area contributed by atoms with Crippen LogP contribution in [0.3, 0.4) is 0 Å². The number of nitrogens with one attached hydrogen (secondary N) is 1. The van der Waals surface area contributed by atoms with Crippen LogP contribution in [-0.2, 0) is 19.6 Å². The molecule has 162 valence electrons. The number of hydrogen-bond donors (Lipinski definition) is 1. The summed E-state index contributed by atoms with van der Waals surface area (Å²) < 4.78 is 25.2. The molecule has 0 unspecified atom stereocenters. The third-order valence-electron chi connectivity index (χ3n) is 4.83. The number of rotatable bonds is 10. The summed E-state index contributed by atoms with van der Waals surface area (Å²) in [5.41, 5.74) is 5.06. The molecule has 0 amide bonds. The molecule has 31 heavy (non-hydrogen) atoms. The van der Waals surface area contributed by atoms with Gasteiger partial charge in [0.1, 0.15) is 12.4 Å². The van der Waals surface area contributed by atoms with Crippen molar-refractivity contribution in [3.63, 3.8) is 0 Å². The topological polar surface area (TPSA) is 30.5 Å². The number of aryl methyl sites for hydroxylation is 1. The summed E-state index contributed by atoms with van der Waals surface area (Å²) >= 11 is 6.14. The van der Waals surface area contributed by atoms with Crippen molar-refractivity contribution in [2.24, 2.45) is 0 Å². The molecule has 3 rings (SSSR count). The van der Waals surface area contributed by atoms with Crippen molar-refractivity contribution in [1.29, 1.82) is 0 Å². The molecule has 0 fully saturated rings. The van der Waals surface area contributed by atoms with Gasteiger partial charge in [-0.2, -0.15) is 0 Å². The minimum absolute atomic E-state index is 0.266. The lowest BCUT2D eigenvalue weighted by molar-refractivity contribution is 0.267. The van der Waals surface area contributed by atoms with Gasteiger partial charge in [0.05, 0.1) is 6.61 Å². The van der Waals surface area contributed by atoms with Crippen LogP contribution in [-0.4, -0.2) is 6.61 Å². The summed E-state index contributed by atoms with van der Waals surface area (Å²) in [6, 6.07) is 16.2. The Kier molecular flexibility index (Phi) is 7.96. The standard InChI is InChI=1S/C26H27ClFNO2/c1-4-6-21-13-20(16-29-24-15-22(27)10-7-18(24)3)14-25(30-5-2)26(21)31-17-19-8-11-23(28)12-9-19/h4,7-15,29H,1,5-6,16-17H2,2-3H3. The fraction of sp³-hybridized carbons (Fsp3) is 0.231. The third-order valence-corrected chi connectivity index (χ3v) is 5.07. The maximum Gasteiger partial charge on any atom is 0.165 e. The first-order valence-electron chi connectivity index (χ1n) is 10.3. The van der Waals surface area contributed by atoms with Gasteiger partial charge in [-0.25, -0.2) is 4.39 Å². The fourth-order valence-corrected chi connectivity index (χ4v) is 3.45. The summed E-state index contributed by atoms with van der Waals surface area (Å²) in [4.78, 5) is 0. The molecule has 3 aromatic carbocycles. The monoisotopic (exact) mass is 439 g/mol. The van der Waals surface area contributed by atoms with Crippen molar-refractivity contribution in [3.8, 4) is 11.5 Å². The Labute approximate surface area is 188 Å².